The molecule has 6 nitrogen and oxygen atoms in total. The Bertz CT molecular complexity index is 733. The van der Waals surface area contributed by atoms with Crippen LogP contribution in [0.1, 0.15) is 24.2 Å². The third-order valence-electron chi connectivity index (χ3n) is 4.25. The van der Waals surface area contributed by atoms with Crippen molar-refractivity contribution in [3.05, 3.63) is 48.0 Å². The molecule has 1 fully saturated rings. The smallest absolute Gasteiger partial charge is 0.422 e. The van der Waals surface area contributed by atoms with Crippen LogP contribution in [0.5, 0.6) is 5.88 Å². The molecule has 0 radical (unpaired) electrons. The van der Waals surface area contributed by atoms with Crippen molar-refractivity contribution in [3.8, 4) is 5.88 Å². The highest BCUT2D eigenvalue weighted by Gasteiger charge is 2.31. The van der Waals surface area contributed by atoms with Crippen LogP contribution in [-0.4, -0.2) is 41.2 Å². The Hall–Kier alpha value is -2.55. The van der Waals surface area contributed by atoms with E-state index in [-0.39, 0.29) is 17.8 Å². The zero-order valence-electron chi connectivity index (χ0n) is 14.5. The first-order valence-electron chi connectivity index (χ1n) is 8.59. The van der Waals surface area contributed by atoms with Crippen LogP contribution in [0, 0.1) is 0 Å². The Balaban J connectivity index is 1.52. The van der Waals surface area contributed by atoms with Crippen LogP contribution in [0.15, 0.2) is 41.1 Å². The third kappa shape index (κ3) is 5.72. The molecule has 146 valence electrons. The number of nitrogens with zero attached hydrogens (tertiary/aromatic N) is 2. The maximum Gasteiger partial charge on any atom is 0.422 e. The molecule has 0 aromatic carbocycles. The minimum Gasteiger partial charge on any atom is -0.468 e. The van der Waals surface area contributed by atoms with Gasteiger partial charge in [-0.15, -0.1) is 0 Å². The van der Waals surface area contributed by atoms with Crippen LogP contribution in [0.4, 0.5) is 13.2 Å². The quantitative estimate of drug-likeness (QED) is 0.796. The van der Waals surface area contributed by atoms with E-state index in [0.29, 0.717) is 18.8 Å². The number of alkyl halides is 3. The molecule has 2 aromatic heterocycles. The highest BCUT2D eigenvalue weighted by Crippen LogP contribution is 2.21. The number of pyridine rings is 1. The first kappa shape index (κ1) is 19.2. The van der Waals surface area contributed by atoms with Crippen molar-refractivity contribution in [3.63, 3.8) is 0 Å². The summed E-state index contributed by atoms with van der Waals surface area (Å²) >= 11 is 0. The molecule has 1 aliphatic rings. The van der Waals surface area contributed by atoms with Crippen LogP contribution in [-0.2, 0) is 17.9 Å². The van der Waals surface area contributed by atoms with Crippen LogP contribution in [0.3, 0.4) is 0 Å². The maximum absolute atomic E-state index is 12.4. The van der Waals surface area contributed by atoms with Gasteiger partial charge in [-0.05, 0) is 37.1 Å². The highest BCUT2D eigenvalue weighted by molar-refractivity contribution is 5.81. The molecular weight excluding hydrogens is 363 g/mol. The van der Waals surface area contributed by atoms with Crippen molar-refractivity contribution in [2.45, 2.75) is 38.1 Å². The summed E-state index contributed by atoms with van der Waals surface area (Å²) in [5, 5.41) is 2.87. The number of nitrogens with one attached hydrogen (secondary N) is 1. The van der Waals surface area contributed by atoms with Crippen molar-refractivity contribution in [2.24, 2.45) is 0 Å². The molecule has 1 N–H and O–H groups in total. The van der Waals surface area contributed by atoms with Crippen LogP contribution in [0.25, 0.3) is 0 Å². The van der Waals surface area contributed by atoms with Gasteiger partial charge in [0.05, 0.1) is 18.8 Å². The van der Waals surface area contributed by atoms with E-state index in [0.717, 1.165) is 24.9 Å². The fourth-order valence-corrected chi connectivity index (χ4v) is 3.00. The standard InChI is InChI=1S/C18H20F3N3O3/c19-18(20,21)12-27-16-6-5-13(9-22-16)11-24-7-1-4-15(24)17(25)23-10-14-3-2-8-26-14/h2-3,5-6,8-9,15H,1,4,7,10-12H2,(H,23,25). The van der Waals surface area contributed by atoms with E-state index >= 15 is 0 Å². The predicted molar refractivity (Wildman–Crippen MR) is 89.8 cm³/mol. The largest absolute Gasteiger partial charge is 0.468 e. The average molecular weight is 383 g/mol. The molecule has 1 aliphatic heterocycles. The molecule has 1 unspecified atom stereocenters. The number of rotatable bonds is 7. The van der Waals surface area contributed by atoms with E-state index in [4.69, 9.17) is 4.42 Å². The minimum absolute atomic E-state index is 0.0676. The summed E-state index contributed by atoms with van der Waals surface area (Å²) in [7, 11) is 0. The fraction of sp³-hybridized carbons (Fsp3) is 0.444. The molecule has 1 saturated heterocycles. The zero-order chi connectivity index (χ0) is 19.3. The highest BCUT2D eigenvalue weighted by atomic mass is 19.4. The molecule has 3 heterocycles. The van der Waals surface area contributed by atoms with Crippen LogP contribution >= 0.6 is 0 Å². The molecule has 0 spiro atoms. The third-order valence-corrected chi connectivity index (χ3v) is 4.25. The van der Waals surface area contributed by atoms with E-state index in [9.17, 15) is 18.0 Å². The zero-order valence-corrected chi connectivity index (χ0v) is 14.5. The predicted octanol–water partition coefficient (Wildman–Crippen LogP) is 2.90. The molecule has 3 rings (SSSR count). The second-order valence-electron chi connectivity index (χ2n) is 6.33. The number of furan rings is 1. The molecule has 1 atom stereocenters. The monoisotopic (exact) mass is 383 g/mol. The van der Waals surface area contributed by atoms with E-state index in [1.165, 1.54) is 12.3 Å². The molecular formula is C18H20F3N3O3. The fourth-order valence-electron chi connectivity index (χ4n) is 3.00. The topological polar surface area (TPSA) is 67.6 Å². The molecule has 0 saturated carbocycles. The summed E-state index contributed by atoms with van der Waals surface area (Å²) in [5.74, 6) is 0.541. The average Bonchev–Trinajstić information content (AvgIpc) is 3.30. The summed E-state index contributed by atoms with van der Waals surface area (Å²) in [6, 6.07) is 6.37. The van der Waals surface area contributed by atoms with E-state index in [1.807, 2.05) is 4.90 Å². The molecule has 0 bridgehead atoms. The number of halogens is 3. The Labute approximate surface area is 154 Å². The Morgan fingerprint density at radius 2 is 2.22 bits per heavy atom. The van der Waals surface area contributed by atoms with Gasteiger partial charge in [0.1, 0.15) is 5.76 Å². The van der Waals surface area contributed by atoms with Gasteiger partial charge in [-0.1, -0.05) is 6.07 Å². The number of carbonyl (C=O) groups is 1. The number of ether oxygens (including phenoxy) is 1. The Morgan fingerprint density at radius 1 is 1.37 bits per heavy atom. The molecule has 0 aliphatic carbocycles. The number of hydrogen-bond acceptors (Lipinski definition) is 5. The normalized spacial score (nSPS) is 17.8. The van der Waals surface area contributed by atoms with Crippen molar-refractivity contribution < 1.29 is 27.1 Å². The summed E-state index contributed by atoms with van der Waals surface area (Å²) in [5.41, 5.74) is 0.806. The molecule has 2 aromatic rings. The van der Waals surface area contributed by atoms with Gasteiger partial charge in [0, 0.05) is 18.8 Å². The van der Waals surface area contributed by atoms with Gasteiger partial charge in [-0.2, -0.15) is 13.2 Å². The molecule has 27 heavy (non-hydrogen) atoms. The first-order valence-corrected chi connectivity index (χ1v) is 8.59. The van der Waals surface area contributed by atoms with Gasteiger partial charge in [0.25, 0.3) is 0 Å². The summed E-state index contributed by atoms with van der Waals surface area (Å²) in [6.07, 6.45) is 0.287. The first-order chi connectivity index (χ1) is 12.9. The lowest BCUT2D eigenvalue weighted by Gasteiger charge is -2.23. The second kappa shape index (κ2) is 8.43. The van der Waals surface area contributed by atoms with Gasteiger partial charge in [-0.25, -0.2) is 4.98 Å². The van der Waals surface area contributed by atoms with Crippen LogP contribution < -0.4 is 10.1 Å². The SMILES string of the molecule is O=C(NCc1ccco1)C1CCCN1Cc1ccc(OCC(F)(F)F)nc1. The van der Waals surface area contributed by atoms with Crippen LogP contribution in [0.2, 0.25) is 0 Å². The van der Waals surface area contributed by atoms with Crippen molar-refractivity contribution in [1.82, 2.24) is 15.2 Å². The second-order valence-corrected chi connectivity index (χ2v) is 6.33. The van der Waals surface area contributed by atoms with Gasteiger partial charge >= 0.3 is 6.18 Å². The lowest BCUT2D eigenvalue weighted by atomic mass is 10.2. The van der Waals surface area contributed by atoms with Crippen molar-refractivity contribution in [2.75, 3.05) is 13.2 Å². The van der Waals surface area contributed by atoms with Crippen molar-refractivity contribution >= 4 is 5.91 Å². The molecule has 9 heteroatoms. The molecule has 1 amide bonds. The van der Waals surface area contributed by atoms with Crippen molar-refractivity contribution in [1.29, 1.82) is 0 Å². The lowest BCUT2D eigenvalue weighted by Crippen LogP contribution is -2.42. The van der Waals surface area contributed by atoms with Gasteiger partial charge < -0.3 is 14.5 Å². The lowest BCUT2D eigenvalue weighted by molar-refractivity contribution is -0.154. The number of aromatic nitrogens is 1. The number of hydrogen-bond donors (Lipinski definition) is 1. The summed E-state index contributed by atoms with van der Waals surface area (Å²) in [4.78, 5) is 18.4. The Kier molecular flexibility index (Phi) is 6.00. The van der Waals surface area contributed by atoms with E-state index in [2.05, 4.69) is 15.0 Å². The Morgan fingerprint density at radius 3 is 2.89 bits per heavy atom. The van der Waals surface area contributed by atoms with Gasteiger partial charge in [0.15, 0.2) is 6.61 Å². The maximum atomic E-state index is 12.4. The van der Waals surface area contributed by atoms with E-state index < -0.39 is 12.8 Å². The summed E-state index contributed by atoms with van der Waals surface area (Å²) < 4.78 is 46.3. The van der Waals surface area contributed by atoms with E-state index in [1.54, 1.807) is 24.5 Å². The number of carbonyl (C=O) groups excluding carboxylic acids is 1. The number of likely N-dealkylation sites (tertiary alicyclic amines) is 1. The minimum atomic E-state index is -4.40. The van der Waals surface area contributed by atoms with Gasteiger partial charge in [-0.3, -0.25) is 9.69 Å². The number of amides is 1. The van der Waals surface area contributed by atoms with Gasteiger partial charge in [0.2, 0.25) is 11.8 Å². The summed E-state index contributed by atoms with van der Waals surface area (Å²) in [6.45, 7) is 0.225.